The molecule has 0 aliphatic heterocycles. The van der Waals surface area contributed by atoms with Gasteiger partial charge in [-0.1, -0.05) is 15.9 Å². The van der Waals surface area contributed by atoms with Crippen LogP contribution in [0.5, 0.6) is 0 Å². The van der Waals surface area contributed by atoms with Crippen LogP contribution in [0.2, 0.25) is 0 Å². The molecule has 0 amide bonds. The normalized spacial score (nSPS) is 10.2. The summed E-state index contributed by atoms with van der Waals surface area (Å²) < 4.78 is 2.29. The zero-order chi connectivity index (χ0) is 12.4. The molecule has 1 N–H and O–H groups in total. The minimum Gasteiger partial charge on any atom is -0.347 e. The van der Waals surface area contributed by atoms with Gasteiger partial charge in [0.25, 0.3) is 5.69 Å². The van der Waals surface area contributed by atoms with Crippen molar-refractivity contribution >= 4 is 33.0 Å². The van der Waals surface area contributed by atoms with E-state index in [2.05, 4.69) is 26.3 Å². The summed E-state index contributed by atoms with van der Waals surface area (Å²) in [4.78, 5) is 10.5. The number of hydrogen-bond donors (Lipinski definition) is 1. The molecule has 0 spiro atoms. The molecule has 2 aromatic rings. The van der Waals surface area contributed by atoms with Gasteiger partial charge in [0.15, 0.2) is 0 Å². The van der Waals surface area contributed by atoms with E-state index in [1.807, 2.05) is 0 Å². The van der Waals surface area contributed by atoms with Crippen LogP contribution in [0.25, 0.3) is 0 Å². The highest BCUT2D eigenvalue weighted by atomic mass is 79.9. The van der Waals surface area contributed by atoms with E-state index < -0.39 is 4.92 Å². The van der Waals surface area contributed by atoms with Gasteiger partial charge in [-0.2, -0.15) is 5.10 Å². The largest absolute Gasteiger partial charge is 0.347 e. The Bertz CT molecular complexity index is 567. The van der Waals surface area contributed by atoms with Crippen LogP contribution in [-0.4, -0.2) is 14.7 Å². The van der Waals surface area contributed by atoms with Crippen molar-refractivity contribution in [2.24, 2.45) is 7.05 Å². The quantitative estimate of drug-likeness (QED) is 0.698. The third-order valence-corrected chi connectivity index (χ3v) is 2.63. The molecular weight excluding hydrogens is 288 g/mol. The van der Waals surface area contributed by atoms with Gasteiger partial charge >= 0.3 is 0 Å². The Morgan fingerprint density at radius 1 is 1.53 bits per heavy atom. The van der Waals surface area contributed by atoms with Crippen LogP contribution in [0, 0.1) is 10.1 Å². The lowest BCUT2D eigenvalue weighted by Gasteiger charge is -2.04. The zero-order valence-corrected chi connectivity index (χ0v) is 10.5. The van der Waals surface area contributed by atoms with Gasteiger partial charge in [0, 0.05) is 23.8 Å². The standard InChI is InChI=1S/C10H9BrN4O2/c1-14-6-8(5-12-14)13-9-3-2-7(11)4-10(9)15(16)17/h2-6,13H,1H3. The average Bonchev–Trinajstić information content (AvgIpc) is 2.66. The third kappa shape index (κ3) is 2.62. The lowest BCUT2D eigenvalue weighted by atomic mass is 10.2. The second-order valence-corrected chi connectivity index (χ2v) is 4.36. The molecule has 0 unspecified atom stereocenters. The van der Waals surface area contributed by atoms with E-state index in [4.69, 9.17) is 0 Å². The summed E-state index contributed by atoms with van der Waals surface area (Å²) >= 11 is 3.21. The first-order valence-corrected chi connectivity index (χ1v) is 5.55. The van der Waals surface area contributed by atoms with Gasteiger partial charge in [0.1, 0.15) is 5.69 Å². The van der Waals surface area contributed by atoms with Crippen LogP contribution in [-0.2, 0) is 7.05 Å². The predicted octanol–water partition coefficient (Wildman–Crippen LogP) is 2.83. The van der Waals surface area contributed by atoms with Crippen LogP contribution < -0.4 is 5.32 Å². The van der Waals surface area contributed by atoms with Crippen molar-refractivity contribution in [2.75, 3.05) is 5.32 Å². The maximum atomic E-state index is 10.9. The molecule has 0 aliphatic carbocycles. The maximum absolute atomic E-state index is 10.9. The van der Waals surface area contributed by atoms with Crippen LogP contribution in [0.3, 0.4) is 0 Å². The first-order valence-electron chi connectivity index (χ1n) is 4.76. The fraction of sp³-hybridized carbons (Fsp3) is 0.100. The van der Waals surface area contributed by atoms with Crippen molar-refractivity contribution < 1.29 is 4.92 Å². The molecule has 1 aromatic carbocycles. The first kappa shape index (κ1) is 11.6. The van der Waals surface area contributed by atoms with Crippen LogP contribution in [0.4, 0.5) is 17.1 Å². The molecule has 1 aromatic heterocycles. The summed E-state index contributed by atoms with van der Waals surface area (Å²) in [6.45, 7) is 0. The lowest BCUT2D eigenvalue weighted by Crippen LogP contribution is -1.96. The van der Waals surface area contributed by atoms with Crippen molar-refractivity contribution in [3.05, 3.63) is 45.2 Å². The number of aromatic nitrogens is 2. The summed E-state index contributed by atoms with van der Waals surface area (Å²) in [7, 11) is 1.78. The van der Waals surface area contributed by atoms with E-state index in [0.717, 1.165) is 0 Å². The van der Waals surface area contributed by atoms with Crippen molar-refractivity contribution in [3.63, 3.8) is 0 Å². The number of nitrogens with one attached hydrogen (secondary N) is 1. The summed E-state index contributed by atoms with van der Waals surface area (Å²) in [5.74, 6) is 0. The summed E-state index contributed by atoms with van der Waals surface area (Å²) in [5.41, 5.74) is 1.16. The fourth-order valence-electron chi connectivity index (χ4n) is 1.40. The number of rotatable bonds is 3. The van der Waals surface area contributed by atoms with E-state index >= 15 is 0 Å². The van der Waals surface area contributed by atoms with E-state index in [1.165, 1.54) is 6.07 Å². The Morgan fingerprint density at radius 3 is 2.88 bits per heavy atom. The molecule has 0 saturated heterocycles. The Balaban J connectivity index is 2.35. The predicted molar refractivity (Wildman–Crippen MR) is 67.3 cm³/mol. The van der Waals surface area contributed by atoms with Crippen molar-refractivity contribution in [3.8, 4) is 0 Å². The first-order chi connectivity index (χ1) is 8.06. The molecule has 0 atom stereocenters. The van der Waals surface area contributed by atoms with E-state index in [9.17, 15) is 10.1 Å². The minimum atomic E-state index is -0.427. The van der Waals surface area contributed by atoms with Crippen LogP contribution in [0.1, 0.15) is 0 Å². The number of aryl methyl sites for hydroxylation is 1. The second-order valence-electron chi connectivity index (χ2n) is 3.45. The van der Waals surface area contributed by atoms with Crippen LogP contribution in [0.15, 0.2) is 35.1 Å². The zero-order valence-electron chi connectivity index (χ0n) is 8.92. The Morgan fingerprint density at radius 2 is 2.29 bits per heavy atom. The van der Waals surface area contributed by atoms with Gasteiger partial charge in [-0.25, -0.2) is 0 Å². The Kier molecular flexibility index (Phi) is 3.10. The van der Waals surface area contributed by atoms with E-state index in [0.29, 0.717) is 15.8 Å². The highest BCUT2D eigenvalue weighted by Crippen LogP contribution is 2.30. The van der Waals surface area contributed by atoms with E-state index in [-0.39, 0.29) is 5.69 Å². The Labute approximate surface area is 106 Å². The second kappa shape index (κ2) is 4.54. The molecule has 88 valence electrons. The summed E-state index contributed by atoms with van der Waals surface area (Å²) in [6, 6.07) is 4.85. The third-order valence-electron chi connectivity index (χ3n) is 2.14. The number of hydrogen-bond acceptors (Lipinski definition) is 4. The van der Waals surface area contributed by atoms with Gasteiger partial charge in [0.05, 0.1) is 16.8 Å². The lowest BCUT2D eigenvalue weighted by molar-refractivity contribution is -0.384. The molecule has 0 saturated carbocycles. The fourth-order valence-corrected chi connectivity index (χ4v) is 1.75. The molecule has 17 heavy (non-hydrogen) atoms. The minimum absolute atomic E-state index is 0.0169. The van der Waals surface area contributed by atoms with Gasteiger partial charge in [-0.15, -0.1) is 0 Å². The van der Waals surface area contributed by atoms with Gasteiger partial charge in [-0.3, -0.25) is 14.8 Å². The topological polar surface area (TPSA) is 73.0 Å². The number of benzene rings is 1. The highest BCUT2D eigenvalue weighted by molar-refractivity contribution is 9.10. The van der Waals surface area contributed by atoms with E-state index in [1.54, 1.807) is 36.3 Å². The average molecular weight is 297 g/mol. The number of nitrogens with zero attached hydrogens (tertiary/aromatic N) is 3. The number of halogens is 1. The molecule has 1 heterocycles. The number of nitro benzene ring substituents is 1. The van der Waals surface area contributed by atoms with Crippen molar-refractivity contribution in [1.29, 1.82) is 0 Å². The molecule has 2 rings (SSSR count). The smallest absolute Gasteiger partial charge is 0.293 e. The monoisotopic (exact) mass is 296 g/mol. The molecule has 6 nitrogen and oxygen atoms in total. The molecule has 0 fully saturated rings. The molecule has 7 heteroatoms. The van der Waals surface area contributed by atoms with Crippen LogP contribution >= 0.6 is 15.9 Å². The molecule has 0 aliphatic rings. The number of anilines is 2. The highest BCUT2D eigenvalue weighted by Gasteiger charge is 2.14. The number of nitro groups is 1. The molecule has 0 radical (unpaired) electrons. The summed E-state index contributed by atoms with van der Waals surface area (Å²) in [5, 5.41) is 17.8. The van der Waals surface area contributed by atoms with Gasteiger partial charge in [0.2, 0.25) is 0 Å². The SMILES string of the molecule is Cn1cc(Nc2ccc(Br)cc2[N+](=O)[O-])cn1. The summed E-state index contributed by atoms with van der Waals surface area (Å²) in [6.07, 6.45) is 3.34. The molecular formula is C10H9BrN4O2. The van der Waals surface area contributed by atoms with Crippen molar-refractivity contribution in [2.45, 2.75) is 0 Å². The van der Waals surface area contributed by atoms with Crippen molar-refractivity contribution in [1.82, 2.24) is 9.78 Å². The van der Waals surface area contributed by atoms with Gasteiger partial charge < -0.3 is 5.32 Å². The molecule has 0 bridgehead atoms. The Hall–Kier alpha value is -1.89. The van der Waals surface area contributed by atoms with Gasteiger partial charge in [-0.05, 0) is 12.1 Å². The maximum Gasteiger partial charge on any atom is 0.293 e.